The molecule has 1 unspecified atom stereocenters. The number of carbonyl (C=O) groups excluding carboxylic acids is 3. The molecule has 8 heteroatoms. The first-order valence-electron chi connectivity index (χ1n) is 12.9. The Labute approximate surface area is 210 Å². The van der Waals surface area contributed by atoms with Crippen LogP contribution in [-0.2, 0) is 25.7 Å². The number of piperidine rings is 1. The molecule has 1 fully saturated rings. The van der Waals surface area contributed by atoms with Crippen molar-refractivity contribution in [2.45, 2.75) is 77.9 Å². The van der Waals surface area contributed by atoms with Crippen LogP contribution >= 0.6 is 0 Å². The van der Waals surface area contributed by atoms with E-state index < -0.39 is 11.7 Å². The standard InChI is InChI=1S/C27H43N3O5/c1-27(2,3)35-26(33)29-16-9-5-8-14-24(31)30-18-10-13-23(20-30)19-28-17-15-25(32)34-21-22-11-6-4-7-12-22/h4,6-7,11-12,23,28H,5,8-10,13-21H2,1-3H3,(H,29,33). The third kappa shape index (κ3) is 13.2. The zero-order chi connectivity index (χ0) is 25.5. The number of hydrogen-bond donors (Lipinski definition) is 2. The summed E-state index contributed by atoms with van der Waals surface area (Å²) in [4.78, 5) is 38.1. The van der Waals surface area contributed by atoms with E-state index in [-0.39, 0.29) is 11.9 Å². The highest BCUT2D eigenvalue weighted by molar-refractivity contribution is 5.76. The topological polar surface area (TPSA) is 97.0 Å². The molecular formula is C27H43N3O5. The molecule has 2 N–H and O–H groups in total. The number of carbonyl (C=O) groups is 3. The number of benzene rings is 1. The summed E-state index contributed by atoms with van der Waals surface area (Å²) >= 11 is 0. The zero-order valence-electron chi connectivity index (χ0n) is 21.6. The number of hydrogen-bond acceptors (Lipinski definition) is 6. The summed E-state index contributed by atoms with van der Waals surface area (Å²) in [5.74, 6) is 0.411. The van der Waals surface area contributed by atoms with Gasteiger partial charge in [0.05, 0.1) is 6.42 Å². The molecule has 0 saturated carbocycles. The van der Waals surface area contributed by atoms with E-state index in [1.54, 1.807) is 0 Å². The van der Waals surface area contributed by atoms with Gasteiger partial charge in [0, 0.05) is 32.6 Å². The molecule has 35 heavy (non-hydrogen) atoms. The molecular weight excluding hydrogens is 446 g/mol. The van der Waals surface area contributed by atoms with E-state index in [2.05, 4.69) is 10.6 Å². The number of rotatable bonds is 13. The van der Waals surface area contributed by atoms with Crippen molar-refractivity contribution in [3.63, 3.8) is 0 Å². The molecule has 0 radical (unpaired) electrons. The van der Waals surface area contributed by atoms with Crippen LogP contribution in [0.5, 0.6) is 0 Å². The minimum absolute atomic E-state index is 0.205. The monoisotopic (exact) mass is 489 g/mol. The first-order chi connectivity index (χ1) is 16.7. The van der Waals surface area contributed by atoms with Gasteiger partial charge in [-0.1, -0.05) is 36.8 Å². The molecule has 2 amide bonds. The molecule has 1 saturated heterocycles. The first kappa shape index (κ1) is 28.6. The third-order valence-electron chi connectivity index (χ3n) is 5.79. The van der Waals surface area contributed by atoms with Crippen LogP contribution in [0, 0.1) is 5.92 Å². The van der Waals surface area contributed by atoms with Crippen LogP contribution in [0.2, 0.25) is 0 Å². The van der Waals surface area contributed by atoms with Gasteiger partial charge < -0.3 is 25.0 Å². The largest absolute Gasteiger partial charge is 0.461 e. The van der Waals surface area contributed by atoms with E-state index >= 15 is 0 Å². The summed E-state index contributed by atoms with van der Waals surface area (Å²) in [7, 11) is 0. The van der Waals surface area contributed by atoms with Gasteiger partial charge in [-0.25, -0.2) is 4.79 Å². The smallest absolute Gasteiger partial charge is 0.407 e. The Kier molecular flexibility index (Phi) is 12.6. The van der Waals surface area contributed by atoms with E-state index in [0.29, 0.717) is 38.5 Å². The highest BCUT2D eigenvalue weighted by Gasteiger charge is 2.23. The first-order valence-corrected chi connectivity index (χ1v) is 12.9. The molecule has 0 aromatic heterocycles. The van der Waals surface area contributed by atoms with Gasteiger partial charge in [-0.15, -0.1) is 0 Å². The van der Waals surface area contributed by atoms with Crippen LogP contribution < -0.4 is 10.6 Å². The Morgan fingerprint density at radius 1 is 1.03 bits per heavy atom. The lowest BCUT2D eigenvalue weighted by atomic mass is 9.97. The predicted molar refractivity (Wildman–Crippen MR) is 136 cm³/mol. The zero-order valence-corrected chi connectivity index (χ0v) is 21.6. The molecule has 0 spiro atoms. The number of nitrogens with one attached hydrogen (secondary N) is 2. The number of unbranched alkanes of at least 4 members (excludes halogenated alkanes) is 2. The van der Waals surface area contributed by atoms with Crippen LogP contribution in [0.3, 0.4) is 0 Å². The van der Waals surface area contributed by atoms with Gasteiger partial charge in [-0.2, -0.15) is 0 Å². The lowest BCUT2D eigenvalue weighted by Crippen LogP contribution is -2.43. The van der Waals surface area contributed by atoms with Crippen molar-refractivity contribution in [3.8, 4) is 0 Å². The lowest BCUT2D eigenvalue weighted by molar-refractivity contribution is -0.144. The van der Waals surface area contributed by atoms with Crippen molar-refractivity contribution < 1.29 is 23.9 Å². The molecule has 2 rings (SSSR count). The van der Waals surface area contributed by atoms with Crippen molar-refractivity contribution in [2.75, 3.05) is 32.7 Å². The summed E-state index contributed by atoms with van der Waals surface area (Å²) in [5, 5.41) is 6.10. The number of likely N-dealkylation sites (tertiary alicyclic amines) is 1. The average molecular weight is 490 g/mol. The van der Waals surface area contributed by atoms with Gasteiger partial charge in [0.2, 0.25) is 5.91 Å². The molecule has 1 aromatic rings. The van der Waals surface area contributed by atoms with Gasteiger partial charge in [0.15, 0.2) is 0 Å². The average Bonchev–Trinajstić information content (AvgIpc) is 2.82. The molecule has 1 heterocycles. The van der Waals surface area contributed by atoms with Crippen molar-refractivity contribution in [3.05, 3.63) is 35.9 Å². The minimum Gasteiger partial charge on any atom is -0.461 e. The van der Waals surface area contributed by atoms with Crippen molar-refractivity contribution in [2.24, 2.45) is 5.92 Å². The molecule has 1 aliphatic heterocycles. The van der Waals surface area contributed by atoms with Crippen LogP contribution in [0.1, 0.15) is 71.3 Å². The molecule has 1 aliphatic rings. The predicted octanol–water partition coefficient (Wildman–Crippen LogP) is 4.03. The summed E-state index contributed by atoms with van der Waals surface area (Å²) < 4.78 is 10.5. The summed E-state index contributed by atoms with van der Waals surface area (Å²) in [6.07, 6.45) is 5.12. The van der Waals surface area contributed by atoms with Gasteiger partial charge in [-0.3, -0.25) is 9.59 Å². The summed E-state index contributed by atoms with van der Waals surface area (Å²) in [6.45, 7) is 9.34. The maximum Gasteiger partial charge on any atom is 0.407 e. The van der Waals surface area contributed by atoms with E-state index in [0.717, 1.165) is 57.3 Å². The van der Waals surface area contributed by atoms with Crippen LogP contribution in [-0.4, -0.2) is 61.2 Å². The van der Waals surface area contributed by atoms with Crippen molar-refractivity contribution >= 4 is 18.0 Å². The number of amides is 2. The Morgan fingerprint density at radius 2 is 1.80 bits per heavy atom. The number of nitrogens with zero attached hydrogens (tertiary/aromatic N) is 1. The number of esters is 1. The Hall–Kier alpha value is -2.61. The maximum atomic E-state index is 12.6. The van der Waals surface area contributed by atoms with Crippen molar-refractivity contribution in [1.29, 1.82) is 0 Å². The third-order valence-corrected chi connectivity index (χ3v) is 5.79. The molecule has 0 bridgehead atoms. The normalized spacial score (nSPS) is 16.0. The second kappa shape index (κ2) is 15.4. The number of ether oxygens (including phenoxy) is 2. The SMILES string of the molecule is CC(C)(C)OC(=O)NCCCCCC(=O)N1CCCC(CNCCC(=O)OCc2ccccc2)C1. The minimum atomic E-state index is -0.493. The lowest BCUT2D eigenvalue weighted by Gasteiger charge is -2.33. The Morgan fingerprint density at radius 3 is 2.54 bits per heavy atom. The van der Waals surface area contributed by atoms with E-state index in [4.69, 9.17) is 9.47 Å². The molecule has 196 valence electrons. The fraction of sp³-hybridized carbons (Fsp3) is 0.667. The molecule has 8 nitrogen and oxygen atoms in total. The highest BCUT2D eigenvalue weighted by atomic mass is 16.6. The van der Waals surface area contributed by atoms with Crippen LogP contribution in [0.25, 0.3) is 0 Å². The van der Waals surface area contributed by atoms with E-state index in [1.165, 1.54) is 0 Å². The number of alkyl carbamates (subject to hydrolysis) is 1. The summed E-state index contributed by atoms with van der Waals surface area (Å²) in [5.41, 5.74) is 0.491. The van der Waals surface area contributed by atoms with Gasteiger partial charge in [-0.05, 0) is 64.5 Å². The van der Waals surface area contributed by atoms with Crippen LogP contribution in [0.4, 0.5) is 4.79 Å². The molecule has 1 atom stereocenters. The quantitative estimate of drug-likeness (QED) is 0.321. The van der Waals surface area contributed by atoms with Gasteiger partial charge in [0.1, 0.15) is 12.2 Å². The van der Waals surface area contributed by atoms with Crippen molar-refractivity contribution in [1.82, 2.24) is 15.5 Å². The Bertz CT molecular complexity index is 779. The highest BCUT2D eigenvalue weighted by Crippen LogP contribution is 2.17. The van der Waals surface area contributed by atoms with Crippen LogP contribution in [0.15, 0.2) is 30.3 Å². The second-order valence-corrected chi connectivity index (χ2v) is 10.2. The summed E-state index contributed by atoms with van der Waals surface area (Å²) in [6, 6.07) is 9.66. The molecule has 0 aliphatic carbocycles. The van der Waals surface area contributed by atoms with E-state index in [9.17, 15) is 14.4 Å². The maximum absolute atomic E-state index is 12.6. The fourth-order valence-electron chi connectivity index (χ4n) is 4.01. The van der Waals surface area contributed by atoms with Gasteiger partial charge in [0.25, 0.3) is 0 Å². The second-order valence-electron chi connectivity index (χ2n) is 10.2. The fourth-order valence-corrected chi connectivity index (χ4v) is 4.01. The Balaban J connectivity index is 1.51. The van der Waals surface area contributed by atoms with E-state index in [1.807, 2.05) is 56.0 Å². The van der Waals surface area contributed by atoms with Gasteiger partial charge >= 0.3 is 12.1 Å². The molecule has 1 aromatic carbocycles.